The molecule has 28 heavy (non-hydrogen) atoms. The van der Waals surface area contributed by atoms with Gasteiger partial charge in [0.2, 0.25) is 0 Å². The molecule has 9 heteroatoms. The fourth-order valence-electron chi connectivity index (χ4n) is 4.41. The number of hydrogen-bond donors (Lipinski definition) is 5. The van der Waals surface area contributed by atoms with Crippen LogP contribution in [0, 0.1) is 0 Å². The van der Waals surface area contributed by atoms with Gasteiger partial charge >= 0.3 is 5.97 Å². The third-order valence-electron chi connectivity index (χ3n) is 5.97. The van der Waals surface area contributed by atoms with Crippen molar-refractivity contribution >= 4 is 5.97 Å². The van der Waals surface area contributed by atoms with Crippen molar-refractivity contribution in [2.45, 2.75) is 93.5 Å². The summed E-state index contributed by atoms with van der Waals surface area (Å²) in [6, 6.07) is 0. The van der Waals surface area contributed by atoms with Gasteiger partial charge in [0.05, 0.1) is 55.3 Å². The first-order valence-corrected chi connectivity index (χ1v) is 9.66. The zero-order valence-corrected chi connectivity index (χ0v) is 15.9. The Morgan fingerprint density at radius 1 is 1.21 bits per heavy atom. The van der Waals surface area contributed by atoms with E-state index in [1.165, 1.54) is 6.92 Å². The van der Waals surface area contributed by atoms with E-state index in [0.29, 0.717) is 24.8 Å². The maximum atomic E-state index is 10.7. The number of aliphatic carboxylic acids is 1. The Bertz CT molecular complexity index is 592. The topological polar surface area (TPSA) is 146 Å². The molecule has 9 nitrogen and oxygen atoms in total. The molecule has 0 radical (unpaired) electrons. The van der Waals surface area contributed by atoms with Gasteiger partial charge in [-0.3, -0.25) is 4.79 Å². The van der Waals surface area contributed by atoms with Gasteiger partial charge in [-0.1, -0.05) is 6.58 Å². The lowest BCUT2D eigenvalue weighted by atomic mass is 9.89. The average Bonchev–Trinajstić information content (AvgIpc) is 2.94. The lowest BCUT2D eigenvalue weighted by molar-refractivity contribution is -0.208. The second kappa shape index (κ2) is 8.35. The zero-order chi connectivity index (χ0) is 20.6. The maximum absolute atomic E-state index is 10.7. The molecule has 0 bridgehead atoms. The molecular formula is C19H30O9. The molecular weight excluding hydrogens is 372 g/mol. The van der Waals surface area contributed by atoms with E-state index in [1.54, 1.807) is 0 Å². The Balaban J connectivity index is 1.62. The van der Waals surface area contributed by atoms with E-state index >= 15 is 0 Å². The van der Waals surface area contributed by atoms with Gasteiger partial charge in [-0.2, -0.15) is 0 Å². The quantitative estimate of drug-likeness (QED) is 0.366. The predicted octanol–water partition coefficient (Wildman–Crippen LogP) is -0.655. The first-order valence-electron chi connectivity index (χ1n) is 9.66. The molecule has 0 aliphatic carbocycles. The molecule has 0 aromatic carbocycles. The van der Waals surface area contributed by atoms with Gasteiger partial charge in [0.15, 0.2) is 0 Å². The third kappa shape index (κ3) is 4.56. The minimum atomic E-state index is -1.37. The second-order valence-electron chi connectivity index (χ2n) is 8.36. The fourth-order valence-corrected chi connectivity index (χ4v) is 4.41. The summed E-state index contributed by atoms with van der Waals surface area (Å²) < 4.78 is 17.9. The molecule has 3 rings (SSSR count). The molecule has 0 aromatic heterocycles. The number of fused-ring (bicyclic) bond motifs is 2. The van der Waals surface area contributed by atoms with Gasteiger partial charge in [0, 0.05) is 19.3 Å². The van der Waals surface area contributed by atoms with Crippen molar-refractivity contribution in [2.24, 2.45) is 0 Å². The molecule has 3 fully saturated rings. The van der Waals surface area contributed by atoms with Crippen molar-refractivity contribution in [1.29, 1.82) is 0 Å². The van der Waals surface area contributed by atoms with E-state index in [0.717, 1.165) is 0 Å². The molecule has 160 valence electrons. The van der Waals surface area contributed by atoms with E-state index < -0.39 is 48.5 Å². The second-order valence-corrected chi connectivity index (χ2v) is 8.36. The number of carbonyl (C=O) groups is 1. The van der Waals surface area contributed by atoms with E-state index in [2.05, 4.69) is 6.58 Å². The maximum Gasteiger partial charge on any atom is 0.306 e. The minimum Gasteiger partial charge on any atom is -0.481 e. The number of hydrogen-bond acceptors (Lipinski definition) is 8. The van der Waals surface area contributed by atoms with Crippen LogP contribution in [-0.2, 0) is 19.0 Å². The highest BCUT2D eigenvalue weighted by Crippen LogP contribution is 2.40. The molecule has 3 aliphatic rings. The minimum absolute atomic E-state index is 0.0270. The lowest BCUT2D eigenvalue weighted by Crippen LogP contribution is -2.51. The van der Waals surface area contributed by atoms with Crippen LogP contribution in [0.15, 0.2) is 12.2 Å². The van der Waals surface area contributed by atoms with Crippen LogP contribution in [0.3, 0.4) is 0 Å². The summed E-state index contributed by atoms with van der Waals surface area (Å²) >= 11 is 0. The van der Waals surface area contributed by atoms with Crippen molar-refractivity contribution in [3.8, 4) is 0 Å². The third-order valence-corrected chi connectivity index (χ3v) is 5.97. The van der Waals surface area contributed by atoms with Gasteiger partial charge in [-0.05, 0) is 18.9 Å². The van der Waals surface area contributed by atoms with E-state index in [-0.39, 0.29) is 31.3 Å². The van der Waals surface area contributed by atoms with Crippen molar-refractivity contribution in [3.05, 3.63) is 12.2 Å². The smallest absolute Gasteiger partial charge is 0.306 e. The summed E-state index contributed by atoms with van der Waals surface area (Å²) in [6.45, 7) is 4.92. The van der Waals surface area contributed by atoms with Crippen LogP contribution in [0.2, 0.25) is 0 Å². The molecule has 0 saturated carbocycles. The monoisotopic (exact) mass is 402 g/mol. The van der Waals surface area contributed by atoms with Crippen molar-refractivity contribution < 1.29 is 44.5 Å². The van der Waals surface area contributed by atoms with Crippen molar-refractivity contribution in [1.82, 2.24) is 0 Å². The molecule has 3 saturated heterocycles. The lowest BCUT2D eigenvalue weighted by Gasteiger charge is -2.39. The molecule has 0 spiro atoms. The number of aliphatic hydroxyl groups is 4. The molecule has 5 N–H and O–H groups in total. The molecule has 3 heterocycles. The summed E-state index contributed by atoms with van der Waals surface area (Å²) in [4.78, 5) is 10.7. The molecule has 3 aliphatic heterocycles. The number of carboxylic acid groups (broad SMARTS) is 1. The fraction of sp³-hybridized carbons (Fsp3) is 0.842. The van der Waals surface area contributed by atoms with E-state index in [9.17, 15) is 25.2 Å². The number of ether oxygens (including phenoxy) is 3. The SMILES string of the molecule is C=C(C[C@H]1C[C@@H]2O[C@H]3[C@H](C[C@H]2O1)O[C@H](CO)[C@@](C)(O)C[C@@H]3O)C(O)CC(=O)O. The Morgan fingerprint density at radius 3 is 2.54 bits per heavy atom. The average molecular weight is 402 g/mol. The van der Waals surface area contributed by atoms with Crippen LogP contribution in [0.1, 0.15) is 39.0 Å². The molecule has 0 amide bonds. The van der Waals surface area contributed by atoms with Gasteiger partial charge in [-0.15, -0.1) is 0 Å². The van der Waals surface area contributed by atoms with Crippen LogP contribution < -0.4 is 0 Å². The summed E-state index contributed by atoms with van der Waals surface area (Å²) in [5.74, 6) is -1.10. The molecule has 1 unspecified atom stereocenters. The van der Waals surface area contributed by atoms with Crippen LogP contribution in [0.4, 0.5) is 0 Å². The Morgan fingerprint density at radius 2 is 1.89 bits per heavy atom. The van der Waals surface area contributed by atoms with Gasteiger partial charge in [-0.25, -0.2) is 0 Å². The van der Waals surface area contributed by atoms with Crippen molar-refractivity contribution in [3.63, 3.8) is 0 Å². The first kappa shape index (κ1) is 21.6. The van der Waals surface area contributed by atoms with Crippen LogP contribution in [0.25, 0.3) is 0 Å². The molecule has 9 atom stereocenters. The van der Waals surface area contributed by atoms with Crippen LogP contribution in [0.5, 0.6) is 0 Å². The van der Waals surface area contributed by atoms with Gasteiger partial charge in [0.1, 0.15) is 12.2 Å². The van der Waals surface area contributed by atoms with Crippen LogP contribution in [-0.4, -0.2) is 92.5 Å². The highest BCUT2D eigenvalue weighted by atomic mass is 16.6. The zero-order valence-electron chi connectivity index (χ0n) is 15.9. The normalized spacial score (nSPS) is 44.2. The number of carboxylic acids is 1. The standard InChI is InChI=1S/C19H30O9/c1-9(11(21)5-17(23)24)3-10-4-13-14(26-10)6-15-18(28-13)12(22)7-19(2,25)16(8-20)27-15/h10-16,18,20-22,25H,1,3-8H2,2H3,(H,23,24)/t10-,11?,12-,13-,14+,15-,16+,18+,19-/m0/s1. The van der Waals surface area contributed by atoms with Gasteiger partial charge < -0.3 is 39.7 Å². The van der Waals surface area contributed by atoms with Crippen LogP contribution >= 0.6 is 0 Å². The highest BCUT2D eigenvalue weighted by Gasteiger charge is 2.52. The Labute approximate surface area is 163 Å². The molecule has 0 aromatic rings. The Kier molecular flexibility index (Phi) is 6.45. The number of aliphatic hydroxyl groups excluding tert-OH is 3. The van der Waals surface area contributed by atoms with E-state index in [1.807, 2.05) is 0 Å². The van der Waals surface area contributed by atoms with E-state index in [4.69, 9.17) is 19.3 Å². The Hall–Kier alpha value is -1.07. The summed E-state index contributed by atoms with van der Waals surface area (Å²) in [6.07, 6.45) is -3.99. The highest BCUT2D eigenvalue weighted by molar-refractivity contribution is 5.67. The predicted molar refractivity (Wildman–Crippen MR) is 95.6 cm³/mol. The van der Waals surface area contributed by atoms with Crippen molar-refractivity contribution in [2.75, 3.05) is 6.61 Å². The summed E-state index contributed by atoms with van der Waals surface area (Å²) in [7, 11) is 0. The summed E-state index contributed by atoms with van der Waals surface area (Å²) in [5, 5.41) is 49.2. The van der Waals surface area contributed by atoms with Gasteiger partial charge in [0.25, 0.3) is 0 Å². The first-order chi connectivity index (χ1) is 13.1. The number of rotatable bonds is 6. The summed E-state index contributed by atoms with van der Waals surface area (Å²) in [5.41, 5.74) is -0.973. The largest absolute Gasteiger partial charge is 0.481 e.